The zero-order valence-corrected chi connectivity index (χ0v) is 11.4. The number of aromatic nitrogens is 2. The monoisotopic (exact) mass is 244 g/mol. The molecular formula is C14H20N4. The molecule has 1 aromatic carbocycles. The molecule has 3 N–H and O–H groups in total. The van der Waals surface area contributed by atoms with Gasteiger partial charge in [-0.1, -0.05) is 32.0 Å². The van der Waals surface area contributed by atoms with Gasteiger partial charge in [0.1, 0.15) is 0 Å². The van der Waals surface area contributed by atoms with Gasteiger partial charge in [-0.25, -0.2) is 0 Å². The van der Waals surface area contributed by atoms with E-state index in [0.717, 1.165) is 17.2 Å². The molecule has 0 atom stereocenters. The van der Waals surface area contributed by atoms with E-state index in [4.69, 9.17) is 5.73 Å². The highest BCUT2D eigenvalue weighted by Gasteiger charge is 2.12. The average molecular weight is 244 g/mol. The fourth-order valence-corrected chi connectivity index (χ4v) is 2.06. The summed E-state index contributed by atoms with van der Waals surface area (Å²) in [7, 11) is 1.89. The van der Waals surface area contributed by atoms with Gasteiger partial charge in [0, 0.05) is 12.7 Å². The summed E-state index contributed by atoms with van der Waals surface area (Å²) < 4.78 is 1.78. The third-order valence-corrected chi connectivity index (χ3v) is 3.10. The smallest absolute Gasteiger partial charge is 0.152 e. The molecular weight excluding hydrogens is 224 g/mol. The van der Waals surface area contributed by atoms with Crippen LogP contribution < -0.4 is 11.1 Å². The number of para-hydroxylation sites is 1. The highest BCUT2D eigenvalue weighted by Crippen LogP contribution is 2.30. The first kappa shape index (κ1) is 12.5. The summed E-state index contributed by atoms with van der Waals surface area (Å²) in [5.74, 6) is 1.31. The summed E-state index contributed by atoms with van der Waals surface area (Å²) in [5.41, 5.74) is 9.94. The molecule has 1 aromatic heterocycles. The second-order valence-electron chi connectivity index (χ2n) is 4.84. The SMILES string of the molecule is Cc1nn(C)c(Nc2ccccc2C(C)C)c1N. The van der Waals surface area contributed by atoms with E-state index in [2.05, 4.69) is 42.5 Å². The van der Waals surface area contributed by atoms with Crippen molar-refractivity contribution >= 4 is 17.2 Å². The second-order valence-corrected chi connectivity index (χ2v) is 4.84. The minimum atomic E-state index is 0.462. The van der Waals surface area contributed by atoms with Crippen molar-refractivity contribution in [2.24, 2.45) is 7.05 Å². The van der Waals surface area contributed by atoms with Crippen LogP contribution in [0.1, 0.15) is 31.0 Å². The molecule has 0 bridgehead atoms. The summed E-state index contributed by atoms with van der Waals surface area (Å²) in [6.45, 7) is 6.27. The zero-order valence-electron chi connectivity index (χ0n) is 11.4. The van der Waals surface area contributed by atoms with Crippen LogP contribution in [-0.2, 0) is 7.05 Å². The van der Waals surface area contributed by atoms with Crippen molar-refractivity contribution < 1.29 is 0 Å². The lowest BCUT2D eigenvalue weighted by molar-refractivity contribution is 0.764. The van der Waals surface area contributed by atoms with Gasteiger partial charge in [0.05, 0.1) is 11.4 Å². The Morgan fingerprint density at radius 3 is 2.50 bits per heavy atom. The van der Waals surface area contributed by atoms with Gasteiger partial charge in [0.15, 0.2) is 5.82 Å². The van der Waals surface area contributed by atoms with Crippen molar-refractivity contribution in [3.05, 3.63) is 35.5 Å². The maximum atomic E-state index is 6.03. The van der Waals surface area contributed by atoms with Crippen molar-refractivity contribution in [2.45, 2.75) is 26.7 Å². The fraction of sp³-hybridized carbons (Fsp3) is 0.357. The van der Waals surface area contributed by atoms with Gasteiger partial charge < -0.3 is 11.1 Å². The number of nitrogens with one attached hydrogen (secondary N) is 1. The molecule has 4 nitrogen and oxygen atoms in total. The van der Waals surface area contributed by atoms with E-state index in [0.29, 0.717) is 11.6 Å². The van der Waals surface area contributed by atoms with Crippen LogP contribution >= 0.6 is 0 Å². The van der Waals surface area contributed by atoms with E-state index in [1.807, 2.05) is 20.0 Å². The van der Waals surface area contributed by atoms with Gasteiger partial charge in [-0.2, -0.15) is 5.10 Å². The summed E-state index contributed by atoms with van der Waals surface area (Å²) in [6, 6.07) is 8.27. The Morgan fingerprint density at radius 1 is 1.28 bits per heavy atom. The predicted molar refractivity (Wildman–Crippen MR) is 76.2 cm³/mol. The number of nitrogens with two attached hydrogens (primary N) is 1. The Morgan fingerprint density at radius 2 is 1.94 bits per heavy atom. The fourth-order valence-electron chi connectivity index (χ4n) is 2.06. The number of benzene rings is 1. The van der Waals surface area contributed by atoms with Gasteiger partial charge >= 0.3 is 0 Å². The highest BCUT2D eigenvalue weighted by molar-refractivity contribution is 5.72. The van der Waals surface area contributed by atoms with Crippen LogP contribution in [0.4, 0.5) is 17.2 Å². The summed E-state index contributed by atoms with van der Waals surface area (Å²) in [5, 5.41) is 7.70. The molecule has 0 amide bonds. The van der Waals surface area contributed by atoms with Crippen molar-refractivity contribution in [3.63, 3.8) is 0 Å². The molecule has 0 spiro atoms. The number of hydrogen-bond donors (Lipinski definition) is 2. The van der Waals surface area contributed by atoms with Gasteiger partial charge in [0.2, 0.25) is 0 Å². The largest absolute Gasteiger partial charge is 0.394 e. The molecule has 2 aromatic rings. The first-order valence-corrected chi connectivity index (χ1v) is 6.15. The first-order valence-electron chi connectivity index (χ1n) is 6.15. The van der Waals surface area contributed by atoms with E-state index in [-0.39, 0.29) is 0 Å². The van der Waals surface area contributed by atoms with Crippen LogP contribution in [0.5, 0.6) is 0 Å². The van der Waals surface area contributed by atoms with Crippen molar-refractivity contribution in [3.8, 4) is 0 Å². The van der Waals surface area contributed by atoms with Crippen molar-refractivity contribution in [1.82, 2.24) is 9.78 Å². The first-order chi connectivity index (χ1) is 8.50. The molecule has 0 unspecified atom stereocenters. The molecule has 0 aliphatic rings. The van der Waals surface area contributed by atoms with Crippen LogP contribution in [0.15, 0.2) is 24.3 Å². The van der Waals surface area contributed by atoms with Crippen LogP contribution in [-0.4, -0.2) is 9.78 Å². The molecule has 1 heterocycles. The molecule has 0 saturated heterocycles. The van der Waals surface area contributed by atoms with Crippen LogP contribution in [0, 0.1) is 6.92 Å². The quantitative estimate of drug-likeness (QED) is 0.872. The minimum absolute atomic E-state index is 0.462. The number of nitrogens with zero attached hydrogens (tertiary/aromatic N) is 2. The summed E-state index contributed by atoms with van der Waals surface area (Å²) in [4.78, 5) is 0. The molecule has 96 valence electrons. The number of anilines is 3. The third kappa shape index (κ3) is 2.18. The molecule has 0 radical (unpaired) electrons. The van der Waals surface area contributed by atoms with Crippen LogP contribution in [0.3, 0.4) is 0 Å². The van der Waals surface area contributed by atoms with Crippen molar-refractivity contribution in [2.75, 3.05) is 11.1 Å². The van der Waals surface area contributed by atoms with Crippen molar-refractivity contribution in [1.29, 1.82) is 0 Å². The zero-order chi connectivity index (χ0) is 13.3. The lowest BCUT2D eigenvalue weighted by Gasteiger charge is -2.15. The maximum absolute atomic E-state index is 6.03. The van der Waals surface area contributed by atoms with Gasteiger partial charge in [0.25, 0.3) is 0 Å². The Labute approximate surface area is 108 Å². The van der Waals surface area contributed by atoms with Gasteiger partial charge in [-0.05, 0) is 24.5 Å². The Balaban J connectivity index is 2.40. The molecule has 0 saturated carbocycles. The average Bonchev–Trinajstić information content (AvgIpc) is 2.56. The minimum Gasteiger partial charge on any atom is -0.394 e. The molecule has 0 fully saturated rings. The molecule has 4 heteroatoms. The number of aryl methyl sites for hydroxylation is 2. The number of rotatable bonds is 3. The van der Waals surface area contributed by atoms with Crippen LogP contribution in [0.2, 0.25) is 0 Å². The molecule has 0 aliphatic carbocycles. The second kappa shape index (κ2) is 4.72. The Hall–Kier alpha value is -1.97. The Kier molecular flexibility index (Phi) is 3.28. The number of nitrogen functional groups attached to an aromatic ring is 1. The maximum Gasteiger partial charge on any atom is 0.152 e. The standard InChI is InChI=1S/C14H20N4/c1-9(2)11-7-5-6-8-12(11)16-14-13(15)10(3)17-18(14)4/h5-9,16H,15H2,1-4H3. The lowest BCUT2D eigenvalue weighted by atomic mass is 10.0. The van der Waals surface area contributed by atoms with Gasteiger partial charge in [-0.3, -0.25) is 4.68 Å². The molecule has 0 aliphatic heterocycles. The topological polar surface area (TPSA) is 55.9 Å². The summed E-state index contributed by atoms with van der Waals surface area (Å²) in [6.07, 6.45) is 0. The van der Waals surface area contributed by atoms with Crippen LogP contribution in [0.25, 0.3) is 0 Å². The van der Waals surface area contributed by atoms with E-state index in [1.165, 1.54) is 5.56 Å². The highest BCUT2D eigenvalue weighted by atomic mass is 15.3. The number of hydrogen-bond acceptors (Lipinski definition) is 3. The lowest BCUT2D eigenvalue weighted by Crippen LogP contribution is -2.04. The molecule has 18 heavy (non-hydrogen) atoms. The van der Waals surface area contributed by atoms with Gasteiger partial charge in [-0.15, -0.1) is 0 Å². The van der Waals surface area contributed by atoms with E-state index < -0.39 is 0 Å². The van der Waals surface area contributed by atoms with E-state index in [1.54, 1.807) is 4.68 Å². The predicted octanol–water partition coefficient (Wildman–Crippen LogP) is 3.18. The molecule has 2 rings (SSSR count). The van der Waals surface area contributed by atoms with E-state index >= 15 is 0 Å². The summed E-state index contributed by atoms with van der Waals surface area (Å²) >= 11 is 0. The Bertz CT molecular complexity index is 555. The van der Waals surface area contributed by atoms with E-state index in [9.17, 15) is 0 Å². The normalized spacial score (nSPS) is 10.9. The third-order valence-electron chi connectivity index (χ3n) is 3.10.